The molecule has 2 heterocycles. The summed E-state index contributed by atoms with van der Waals surface area (Å²) in [6.45, 7) is 3.19. The summed E-state index contributed by atoms with van der Waals surface area (Å²) in [4.78, 5) is 17.7. The number of aromatic nitrogens is 4. The number of hydrogen-bond acceptors (Lipinski definition) is 6. The summed E-state index contributed by atoms with van der Waals surface area (Å²) >= 11 is 0. The minimum absolute atomic E-state index is 0.106. The maximum Gasteiger partial charge on any atom is 0.157 e. The second-order valence-corrected chi connectivity index (χ2v) is 12.1. The van der Waals surface area contributed by atoms with Crippen LogP contribution in [0.15, 0.2) is 18.5 Å². The van der Waals surface area contributed by atoms with Crippen molar-refractivity contribution in [1.82, 2.24) is 20.0 Å². The Labute approximate surface area is 201 Å². The third-order valence-electron chi connectivity index (χ3n) is 10.5. The van der Waals surface area contributed by atoms with E-state index in [1.165, 1.54) is 25.7 Å². The van der Waals surface area contributed by atoms with Gasteiger partial charge in [-0.1, -0.05) is 12.1 Å². The van der Waals surface area contributed by atoms with Crippen molar-refractivity contribution in [2.24, 2.45) is 40.9 Å². The fourth-order valence-electron chi connectivity index (χ4n) is 9.09. The van der Waals surface area contributed by atoms with Crippen molar-refractivity contribution in [3.05, 3.63) is 18.5 Å². The maximum atomic E-state index is 13.6. The number of nitrogens with zero attached hydrogens (tertiary/aromatic N) is 4. The van der Waals surface area contributed by atoms with Crippen LogP contribution in [-0.4, -0.2) is 50.2 Å². The van der Waals surface area contributed by atoms with E-state index >= 15 is 0 Å². The highest BCUT2D eigenvalue weighted by molar-refractivity contribution is 5.84. The number of hydrogen-bond donors (Lipinski definition) is 1. The Morgan fingerprint density at radius 3 is 2.85 bits per heavy atom. The topological polar surface area (TPSA) is 90.1 Å². The molecule has 2 aromatic heterocycles. The molecule has 6 rings (SSSR count). The van der Waals surface area contributed by atoms with Gasteiger partial charge in [0, 0.05) is 19.2 Å². The Balaban J connectivity index is 1.17. The monoisotopic (exact) mass is 466 g/mol. The maximum absolute atomic E-state index is 13.6. The van der Waals surface area contributed by atoms with Crippen molar-refractivity contribution in [2.75, 3.05) is 13.7 Å². The predicted octanol–water partition coefficient (Wildman–Crippen LogP) is 4.04. The SMILES string of the molecule is COC[C@@]1(O)CC[C@H]2C(CC[C@@H]3[C@@H]2CC[C@]2(C)[C@@H](C(=O)Cn4nnc5cnccc54)CC[C@@H]32)C1. The van der Waals surface area contributed by atoms with E-state index in [0.29, 0.717) is 30.8 Å². The van der Waals surface area contributed by atoms with Gasteiger partial charge in [0.25, 0.3) is 0 Å². The van der Waals surface area contributed by atoms with Crippen molar-refractivity contribution >= 4 is 16.8 Å². The fraction of sp³-hybridized carbons (Fsp3) is 0.778. The highest BCUT2D eigenvalue weighted by atomic mass is 16.5. The lowest BCUT2D eigenvalue weighted by atomic mass is 9.49. The van der Waals surface area contributed by atoms with Gasteiger partial charge >= 0.3 is 0 Å². The first-order valence-corrected chi connectivity index (χ1v) is 13.3. The van der Waals surface area contributed by atoms with Gasteiger partial charge in [0.1, 0.15) is 12.1 Å². The first-order valence-electron chi connectivity index (χ1n) is 13.3. The smallest absolute Gasteiger partial charge is 0.157 e. The van der Waals surface area contributed by atoms with Gasteiger partial charge in [0.05, 0.1) is 23.9 Å². The van der Waals surface area contributed by atoms with E-state index in [4.69, 9.17) is 4.74 Å². The molecule has 7 nitrogen and oxygen atoms in total. The summed E-state index contributed by atoms with van der Waals surface area (Å²) in [6.07, 6.45) is 13.4. The highest BCUT2D eigenvalue weighted by Gasteiger charge is 2.59. The second-order valence-electron chi connectivity index (χ2n) is 12.1. The van der Waals surface area contributed by atoms with Crippen LogP contribution in [0, 0.1) is 40.9 Å². The van der Waals surface area contributed by atoms with Crippen molar-refractivity contribution in [1.29, 1.82) is 0 Å². The standard InChI is InChI=1S/C27H38N4O3/c1-26-10-7-19-18-8-11-27(33,16-34-2)13-17(18)3-4-20(19)21(26)5-6-22(26)25(32)15-31-24-9-12-28-14-23(24)29-30-31/h9,12,14,17-22,33H,3-8,10-11,13,15-16H2,1-2H3/t17?,18-,19+,20+,21-,22+,26-,27+/m0/s1. The van der Waals surface area contributed by atoms with E-state index in [0.717, 1.165) is 60.9 Å². The number of ketones is 1. The zero-order valence-corrected chi connectivity index (χ0v) is 20.5. The normalized spacial score (nSPS) is 41.6. The Bertz CT molecular complexity index is 1070. The summed E-state index contributed by atoms with van der Waals surface area (Å²) in [7, 11) is 1.70. The van der Waals surface area contributed by atoms with Gasteiger partial charge in [0.2, 0.25) is 0 Å². The first-order chi connectivity index (χ1) is 16.4. The summed E-state index contributed by atoms with van der Waals surface area (Å²) < 4.78 is 7.10. The molecule has 1 N–H and O–H groups in total. The van der Waals surface area contributed by atoms with Crippen molar-refractivity contribution in [2.45, 2.75) is 76.9 Å². The number of fused-ring (bicyclic) bond motifs is 6. The van der Waals surface area contributed by atoms with Gasteiger partial charge in [-0.05, 0) is 98.9 Å². The third-order valence-corrected chi connectivity index (χ3v) is 10.5. The molecule has 4 aliphatic carbocycles. The first kappa shape index (κ1) is 22.6. The van der Waals surface area contributed by atoms with Crippen molar-refractivity contribution in [3.8, 4) is 0 Å². The number of carbonyl (C=O) groups is 1. The molecule has 7 heteroatoms. The number of Topliss-reactive ketones (excluding diaryl/α,β-unsaturated/α-hetero) is 1. The lowest BCUT2D eigenvalue weighted by Gasteiger charge is -2.57. The lowest BCUT2D eigenvalue weighted by Crippen LogP contribution is -2.52. The number of pyridine rings is 1. The average Bonchev–Trinajstić information content (AvgIpc) is 3.39. The minimum atomic E-state index is -0.627. The highest BCUT2D eigenvalue weighted by Crippen LogP contribution is 2.64. The molecule has 34 heavy (non-hydrogen) atoms. The summed E-state index contributed by atoms with van der Waals surface area (Å²) in [5.41, 5.74) is 1.11. The third kappa shape index (κ3) is 3.53. The Morgan fingerprint density at radius 2 is 2.00 bits per heavy atom. The summed E-state index contributed by atoms with van der Waals surface area (Å²) in [5, 5.41) is 19.4. The number of rotatable bonds is 5. The summed E-state index contributed by atoms with van der Waals surface area (Å²) in [6, 6.07) is 1.89. The number of ether oxygens (including phenoxy) is 1. The number of carbonyl (C=O) groups excluding carboxylic acids is 1. The molecule has 0 saturated heterocycles. The molecule has 0 radical (unpaired) electrons. The lowest BCUT2D eigenvalue weighted by molar-refractivity contribution is -0.136. The molecule has 4 saturated carbocycles. The van der Waals surface area contributed by atoms with Crippen LogP contribution in [0.4, 0.5) is 0 Å². The quantitative estimate of drug-likeness (QED) is 0.715. The van der Waals surface area contributed by atoms with E-state index in [2.05, 4.69) is 22.2 Å². The molecule has 1 unspecified atom stereocenters. The van der Waals surface area contributed by atoms with Gasteiger partial charge in [0.15, 0.2) is 5.78 Å². The largest absolute Gasteiger partial charge is 0.387 e. The van der Waals surface area contributed by atoms with E-state index < -0.39 is 5.60 Å². The van der Waals surface area contributed by atoms with Crippen LogP contribution in [0.25, 0.3) is 11.0 Å². The van der Waals surface area contributed by atoms with Crippen molar-refractivity contribution < 1.29 is 14.6 Å². The Hall–Kier alpha value is -1.86. The molecule has 4 fully saturated rings. The molecule has 4 aliphatic rings. The van der Waals surface area contributed by atoms with Crippen molar-refractivity contribution in [3.63, 3.8) is 0 Å². The van der Waals surface area contributed by atoms with Gasteiger partial charge in [-0.2, -0.15) is 0 Å². The second kappa shape index (κ2) is 8.37. The molecule has 0 aromatic carbocycles. The van der Waals surface area contributed by atoms with Crippen LogP contribution in [0.3, 0.4) is 0 Å². The molecule has 8 atom stereocenters. The van der Waals surface area contributed by atoms with Gasteiger partial charge < -0.3 is 9.84 Å². The van der Waals surface area contributed by atoms with Crippen LogP contribution in [0.1, 0.15) is 64.7 Å². The van der Waals surface area contributed by atoms with E-state index in [-0.39, 0.29) is 11.3 Å². The average molecular weight is 467 g/mol. The zero-order chi connectivity index (χ0) is 23.5. The molecular formula is C27H38N4O3. The molecular weight excluding hydrogens is 428 g/mol. The zero-order valence-electron chi connectivity index (χ0n) is 20.5. The Kier molecular flexibility index (Phi) is 5.56. The summed E-state index contributed by atoms with van der Waals surface area (Å²) in [5.74, 6) is 3.98. The fourth-order valence-corrected chi connectivity index (χ4v) is 9.09. The number of methoxy groups -OCH3 is 1. The molecule has 2 aromatic rings. The van der Waals surface area contributed by atoms with Crippen LogP contribution < -0.4 is 0 Å². The van der Waals surface area contributed by atoms with Gasteiger partial charge in [-0.25, -0.2) is 4.68 Å². The predicted molar refractivity (Wildman–Crippen MR) is 128 cm³/mol. The van der Waals surface area contributed by atoms with Gasteiger partial charge in [-0.3, -0.25) is 9.78 Å². The van der Waals surface area contributed by atoms with Crippen LogP contribution in [0.2, 0.25) is 0 Å². The molecule has 0 spiro atoms. The molecule has 0 amide bonds. The van der Waals surface area contributed by atoms with E-state index in [1.807, 2.05) is 6.07 Å². The molecule has 0 aliphatic heterocycles. The molecule has 0 bridgehead atoms. The van der Waals surface area contributed by atoms with Crippen LogP contribution in [-0.2, 0) is 16.1 Å². The number of aliphatic hydroxyl groups is 1. The van der Waals surface area contributed by atoms with Gasteiger partial charge in [-0.15, -0.1) is 5.10 Å². The van der Waals surface area contributed by atoms with E-state index in [1.54, 1.807) is 24.2 Å². The Morgan fingerprint density at radius 1 is 1.15 bits per heavy atom. The van der Waals surface area contributed by atoms with E-state index in [9.17, 15) is 9.90 Å². The van der Waals surface area contributed by atoms with Crippen LogP contribution >= 0.6 is 0 Å². The van der Waals surface area contributed by atoms with Crippen LogP contribution in [0.5, 0.6) is 0 Å². The molecule has 184 valence electrons. The minimum Gasteiger partial charge on any atom is -0.387 e.